The van der Waals surface area contributed by atoms with Crippen LogP contribution in [0.1, 0.15) is 18.4 Å². The number of nitrogens with two attached hydrogens (primary N) is 2. The molecule has 1 amide bonds. The monoisotopic (exact) mass is 225 g/mol. The Morgan fingerprint density at radius 2 is 2.19 bits per heavy atom. The molecule has 0 heterocycles. The van der Waals surface area contributed by atoms with Crippen molar-refractivity contribution in [1.82, 2.24) is 0 Å². The second kappa shape index (κ2) is 5.34. The Balaban J connectivity index is 2.54. The fourth-order valence-electron chi connectivity index (χ4n) is 1.34. The van der Waals surface area contributed by atoms with E-state index in [1.54, 1.807) is 13.0 Å². The SMILES string of the molecule is Cc1cc(NCCCC(N)=O)c(N)cc1F. The molecule has 0 aliphatic heterocycles. The number of primary amides is 1. The zero-order valence-corrected chi connectivity index (χ0v) is 9.22. The van der Waals surface area contributed by atoms with Gasteiger partial charge in [0.25, 0.3) is 0 Å². The Morgan fingerprint density at radius 1 is 1.50 bits per heavy atom. The Labute approximate surface area is 93.8 Å². The number of hydrogen-bond acceptors (Lipinski definition) is 3. The Kier molecular flexibility index (Phi) is 4.10. The van der Waals surface area contributed by atoms with Crippen molar-refractivity contribution < 1.29 is 9.18 Å². The number of carbonyl (C=O) groups is 1. The van der Waals surface area contributed by atoms with E-state index in [9.17, 15) is 9.18 Å². The first kappa shape index (κ1) is 12.3. The van der Waals surface area contributed by atoms with Gasteiger partial charge < -0.3 is 16.8 Å². The number of carbonyl (C=O) groups excluding carboxylic acids is 1. The molecule has 0 aromatic heterocycles. The lowest BCUT2D eigenvalue weighted by Gasteiger charge is -2.10. The fourth-order valence-corrected chi connectivity index (χ4v) is 1.34. The summed E-state index contributed by atoms with van der Waals surface area (Å²) in [6.45, 7) is 2.25. The maximum atomic E-state index is 13.1. The summed E-state index contributed by atoms with van der Waals surface area (Å²) >= 11 is 0. The molecule has 5 N–H and O–H groups in total. The van der Waals surface area contributed by atoms with Crippen LogP contribution in [0.2, 0.25) is 0 Å². The highest BCUT2D eigenvalue weighted by Crippen LogP contribution is 2.22. The topological polar surface area (TPSA) is 81.1 Å². The van der Waals surface area contributed by atoms with Crippen LogP contribution in [0.5, 0.6) is 0 Å². The van der Waals surface area contributed by atoms with E-state index in [1.165, 1.54) is 6.07 Å². The number of benzene rings is 1. The van der Waals surface area contributed by atoms with Crippen molar-refractivity contribution in [1.29, 1.82) is 0 Å². The maximum Gasteiger partial charge on any atom is 0.217 e. The van der Waals surface area contributed by atoms with Crippen molar-refractivity contribution in [2.24, 2.45) is 5.73 Å². The molecule has 0 atom stereocenters. The third-order valence-corrected chi connectivity index (χ3v) is 2.25. The number of anilines is 2. The molecule has 0 aliphatic carbocycles. The Morgan fingerprint density at radius 3 is 2.81 bits per heavy atom. The molecule has 0 saturated carbocycles. The van der Waals surface area contributed by atoms with Gasteiger partial charge in [0.1, 0.15) is 5.82 Å². The highest BCUT2D eigenvalue weighted by atomic mass is 19.1. The average Bonchev–Trinajstić information content (AvgIpc) is 2.19. The molecule has 88 valence electrons. The number of nitrogens with one attached hydrogen (secondary N) is 1. The van der Waals surface area contributed by atoms with Crippen LogP contribution in [-0.2, 0) is 4.79 Å². The molecular formula is C11H16FN3O. The van der Waals surface area contributed by atoms with E-state index in [2.05, 4.69) is 5.32 Å². The third-order valence-electron chi connectivity index (χ3n) is 2.25. The van der Waals surface area contributed by atoms with Gasteiger partial charge in [-0.25, -0.2) is 4.39 Å². The van der Waals surface area contributed by atoms with Gasteiger partial charge in [-0.3, -0.25) is 4.79 Å². The van der Waals surface area contributed by atoms with Crippen molar-refractivity contribution in [2.45, 2.75) is 19.8 Å². The van der Waals surface area contributed by atoms with Crippen molar-refractivity contribution in [2.75, 3.05) is 17.6 Å². The van der Waals surface area contributed by atoms with Crippen molar-refractivity contribution >= 4 is 17.3 Å². The number of aryl methyl sites for hydroxylation is 1. The molecular weight excluding hydrogens is 209 g/mol. The van der Waals surface area contributed by atoms with Crippen LogP contribution in [0.4, 0.5) is 15.8 Å². The molecule has 0 unspecified atom stereocenters. The number of halogens is 1. The number of hydrogen-bond donors (Lipinski definition) is 3. The summed E-state index contributed by atoms with van der Waals surface area (Å²) in [6.07, 6.45) is 0.957. The molecule has 1 aromatic carbocycles. The zero-order valence-electron chi connectivity index (χ0n) is 9.22. The number of amides is 1. The predicted molar refractivity (Wildman–Crippen MR) is 62.5 cm³/mol. The first-order chi connectivity index (χ1) is 7.50. The lowest BCUT2D eigenvalue weighted by Crippen LogP contribution is -2.13. The fraction of sp³-hybridized carbons (Fsp3) is 0.364. The summed E-state index contributed by atoms with van der Waals surface area (Å²) in [6, 6.07) is 2.93. The highest BCUT2D eigenvalue weighted by Gasteiger charge is 2.04. The maximum absolute atomic E-state index is 13.1. The standard InChI is InChI=1S/C11H16FN3O/c1-7-5-10(9(13)6-8(7)12)15-4-2-3-11(14)16/h5-6,15H,2-4,13H2,1H3,(H2,14,16). The normalized spacial score (nSPS) is 10.1. The van der Waals surface area contributed by atoms with Gasteiger partial charge in [0.05, 0.1) is 11.4 Å². The lowest BCUT2D eigenvalue weighted by atomic mass is 10.1. The van der Waals surface area contributed by atoms with Crippen LogP contribution in [0.15, 0.2) is 12.1 Å². The van der Waals surface area contributed by atoms with Crippen molar-refractivity contribution in [3.63, 3.8) is 0 Å². The van der Waals surface area contributed by atoms with Gasteiger partial charge >= 0.3 is 0 Å². The van der Waals surface area contributed by atoms with Crippen LogP contribution in [-0.4, -0.2) is 12.5 Å². The summed E-state index contributed by atoms with van der Waals surface area (Å²) < 4.78 is 13.1. The summed E-state index contributed by atoms with van der Waals surface area (Å²) in [5.74, 6) is -0.648. The third kappa shape index (κ3) is 3.42. The first-order valence-electron chi connectivity index (χ1n) is 5.08. The van der Waals surface area contributed by atoms with E-state index >= 15 is 0 Å². The Bertz CT molecular complexity index is 393. The highest BCUT2D eigenvalue weighted by molar-refractivity contribution is 5.73. The molecule has 0 spiro atoms. The first-order valence-corrected chi connectivity index (χ1v) is 5.08. The molecule has 0 saturated heterocycles. The van der Waals surface area contributed by atoms with Crippen LogP contribution in [0.25, 0.3) is 0 Å². The van der Waals surface area contributed by atoms with Crippen LogP contribution >= 0.6 is 0 Å². The van der Waals surface area contributed by atoms with Gasteiger partial charge in [-0.15, -0.1) is 0 Å². The Hall–Kier alpha value is -1.78. The predicted octanol–water partition coefficient (Wildman–Crippen LogP) is 1.39. The minimum Gasteiger partial charge on any atom is -0.397 e. The van der Waals surface area contributed by atoms with E-state index in [1.807, 2.05) is 0 Å². The molecule has 0 fully saturated rings. The second-order valence-corrected chi connectivity index (χ2v) is 3.69. The van der Waals surface area contributed by atoms with E-state index in [4.69, 9.17) is 11.5 Å². The number of nitrogen functional groups attached to an aromatic ring is 1. The quantitative estimate of drug-likeness (QED) is 0.523. The second-order valence-electron chi connectivity index (χ2n) is 3.69. The van der Waals surface area contributed by atoms with Gasteiger partial charge in [0, 0.05) is 13.0 Å². The molecule has 5 heteroatoms. The largest absolute Gasteiger partial charge is 0.397 e. The van der Waals surface area contributed by atoms with E-state index in [0.29, 0.717) is 36.3 Å². The smallest absolute Gasteiger partial charge is 0.217 e. The molecule has 0 radical (unpaired) electrons. The van der Waals surface area contributed by atoms with Crippen molar-refractivity contribution in [3.8, 4) is 0 Å². The van der Waals surface area contributed by atoms with E-state index in [-0.39, 0.29) is 11.7 Å². The van der Waals surface area contributed by atoms with Gasteiger partial charge in [0.15, 0.2) is 0 Å². The van der Waals surface area contributed by atoms with E-state index in [0.717, 1.165) is 0 Å². The summed E-state index contributed by atoms with van der Waals surface area (Å²) in [5, 5.41) is 3.04. The molecule has 4 nitrogen and oxygen atoms in total. The van der Waals surface area contributed by atoms with Crippen molar-refractivity contribution in [3.05, 3.63) is 23.5 Å². The molecule has 16 heavy (non-hydrogen) atoms. The molecule has 1 rings (SSSR count). The summed E-state index contributed by atoms with van der Waals surface area (Å²) in [7, 11) is 0. The molecule has 0 aliphatic rings. The van der Waals surface area contributed by atoms with Gasteiger partial charge in [-0.05, 0) is 31.0 Å². The van der Waals surface area contributed by atoms with Crippen LogP contribution < -0.4 is 16.8 Å². The summed E-state index contributed by atoms with van der Waals surface area (Å²) in [4.78, 5) is 10.5. The van der Waals surface area contributed by atoms with Gasteiger partial charge in [-0.1, -0.05) is 0 Å². The van der Waals surface area contributed by atoms with Crippen LogP contribution in [0, 0.1) is 12.7 Å². The minimum absolute atomic E-state index is 0.319. The van der Waals surface area contributed by atoms with Gasteiger partial charge in [-0.2, -0.15) is 0 Å². The van der Waals surface area contributed by atoms with Crippen LogP contribution in [0.3, 0.4) is 0 Å². The molecule has 0 bridgehead atoms. The van der Waals surface area contributed by atoms with E-state index < -0.39 is 0 Å². The summed E-state index contributed by atoms with van der Waals surface area (Å²) in [5.41, 5.74) is 12.2. The van der Waals surface area contributed by atoms with Gasteiger partial charge in [0.2, 0.25) is 5.91 Å². The lowest BCUT2D eigenvalue weighted by molar-refractivity contribution is -0.118. The number of rotatable bonds is 5. The zero-order chi connectivity index (χ0) is 12.1. The molecule has 1 aromatic rings. The average molecular weight is 225 g/mol. The minimum atomic E-state index is -0.329.